The van der Waals surface area contributed by atoms with Crippen LogP contribution in [0.1, 0.15) is 32.5 Å². The lowest BCUT2D eigenvalue weighted by Crippen LogP contribution is -2.20. The number of aromatic nitrogens is 1. The Morgan fingerprint density at radius 3 is 2.55 bits per heavy atom. The first-order valence-electron chi connectivity index (χ1n) is 9.40. The van der Waals surface area contributed by atoms with E-state index in [1.54, 1.807) is 50.2 Å². The zero-order valence-corrected chi connectivity index (χ0v) is 17.7. The number of esters is 2. The predicted octanol–water partition coefficient (Wildman–Crippen LogP) is 4.22. The topological polar surface area (TPSA) is 104 Å². The Morgan fingerprint density at radius 2 is 1.81 bits per heavy atom. The maximum atomic E-state index is 12.5. The molecule has 1 N–H and O–H groups in total. The highest BCUT2D eigenvalue weighted by Crippen LogP contribution is 2.27. The van der Waals surface area contributed by atoms with Gasteiger partial charge in [0.25, 0.3) is 5.91 Å². The standard InChI is InChI=1S/C22H20N2O6S/c1-3-28-22(27)19-14(2)12-18(31-19)24-17(25)13-29-21(26)16-10-7-11-23-20(16)30-15-8-5-4-6-9-15/h4-12H,3,13H2,1-2H3,(H,24,25). The summed E-state index contributed by atoms with van der Waals surface area (Å²) in [6.07, 6.45) is 1.49. The highest BCUT2D eigenvalue weighted by molar-refractivity contribution is 7.18. The molecule has 2 heterocycles. The van der Waals surface area contributed by atoms with E-state index in [4.69, 9.17) is 14.2 Å². The summed E-state index contributed by atoms with van der Waals surface area (Å²) in [4.78, 5) is 41.0. The molecule has 0 aliphatic carbocycles. The number of benzene rings is 1. The van der Waals surface area contributed by atoms with E-state index in [-0.39, 0.29) is 18.1 Å². The first-order valence-corrected chi connectivity index (χ1v) is 10.2. The minimum absolute atomic E-state index is 0.0760. The lowest BCUT2D eigenvalue weighted by molar-refractivity contribution is -0.119. The summed E-state index contributed by atoms with van der Waals surface area (Å²) in [5, 5.41) is 3.06. The Balaban J connectivity index is 1.59. The fraction of sp³-hybridized carbons (Fsp3) is 0.182. The van der Waals surface area contributed by atoms with E-state index in [1.807, 2.05) is 6.07 Å². The normalized spacial score (nSPS) is 10.3. The molecule has 160 valence electrons. The van der Waals surface area contributed by atoms with Gasteiger partial charge in [-0.15, -0.1) is 11.3 Å². The van der Waals surface area contributed by atoms with Crippen LogP contribution in [0.5, 0.6) is 11.6 Å². The molecule has 9 heteroatoms. The Labute approximate surface area is 182 Å². The lowest BCUT2D eigenvalue weighted by atomic mass is 10.2. The van der Waals surface area contributed by atoms with E-state index in [2.05, 4.69) is 10.3 Å². The molecular formula is C22H20N2O6S. The maximum absolute atomic E-state index is 12.5. The highest BCUT2D eigenvalue weighted by atomic mass is 32.1. The zero-order valence-electron chi connectivity index (χ0n) is 16.9. The Hall–Kier alpha value is -3.72. The van der Waals surface area contributed by atoms with Crippen LogP contribution in [0.15, 0.2) is 54.7 Å². The van der Waals surface area contributed by atoms with Gasteiger partial charge >= 0.3 is 11.9 Å². The van der Waals surface area contributed by atoms with E-state index in [9.17, 15) is 14.4 Å². The highest BCUT2D eigenvalue weighted by Gasteiger charge is 2.19. The van der Waals surface area contributed by atoms with Gasteiger partial charge in [0.05, 0.1) is 11.6 Å². The lowest BCUT2D eigenvalue weighted by Gasteiger charge is -2.09. The Bertz CT molecular complexity index is 1080. The van der Waals surface area contributed by atoms with Crippen LogP contribution < -0.4 is 10.1 Å². The van der Waals surface area contributed by atoms with Gasteiger partial charge in [0.2, 0.25) is 5.88 Å². The number of para-hydroxylation sites is 1. The van der Waals surface area contributed by atoms with Gasteiger partial charge in [0.15, 0.2) is 6.61 Å². The summed E-state index contributed by atoms with van der Waals surface area (Å²) >= 11 is 1.09. The SMILES string of the molecule is CCOC(=O)c1sc(NC(=O)COC(=O)c2cccnc2Oc2ccccc2)cc1C. The average molecular weight is 440 g/mol. The van der Waals surface area contributed by atoms with Crippen molar-refractivity contribution in [3.05, 3.63) is 70.7 Å². The predicted molar refractivity (Wildman–Crippen MR) is 115 cm³/mol. The van der Waals surface area contributed by atoms with Crippen molar-refractivity contribution in [1.29, 1.82) is 0 Å². The molecule has 0 bridgehead atoms. The van der Waals surface area contributed by atoms with Crippen LogP contribution in [0.25, 0.3) is 0 Å². The van der Waals surface area contributed by atoms with Crippen molar-refractivity contribution in [1.82, 2.24) is 4.98 Å². The van der Waals surface area contributed by atoms with Gasteiger partial charge in [-0.25, -0.2) is 14.6 Å². The molecule has 0 atom stereocenters. The summed E-state index contributed by atoms with van der Waals surface area (Å²) in [6.45, 7) is 3.22. The van der Waals surface area contributed by atoms with Crippen LogP contribution in [0.3, 0.4) is 0 Å². The minimum atomic E-state index is -0.747. The molecular weight excluding hydrogens is 420 g/mol. The van der Waals surface area contributed by atoms with Gasteiger partial charge in [0.1, 0.15) is 16.2 Å². The van der Waals surface area contributed by atoms with Crippen molar-refractivity contribution < 1.29 is 28.6 Å². The van der Waals surface area contributed by atoms with Gasteiger partial charge in [0, 0.05) is 6.20 Å². The number of carbonyl (C=O) groups excluding carboxylic acids is 3. The van der Waals surface area contributed by atoms with E-state index < -0.39 is 24.5 Å². The average Bonchev–Trinajstić information content (AvgIpc) is 3.13. The number of ether oxygens (including phenoxy) is 3. The van der Waals surface area contributed by atoms with Crippen molar-refractivity contribution in [2.24, 2.45) is 0 Å². The van der Waals surface area contributed by atoms with Gasteiger partial charge < -0.3 is 19.5 Å². The van der Waals surface area contributed by atoms with Gasteiger partial charge in [-0.3, -0.25) is 4.79 Å². The van der Waals surface area contributed by atoms with Crippen LogP contribution in [-0.2, 0) is 14.3 Å². The summed E-state index contributed by atoms with van der Waals surface area (Å²) in [5.74, 6) is -1.15. The monoisotopic (exact) mass is 440 g/mol. The number of amides is 1. The van der Waals surface area contributed by atoms with Crippen LogP contribution in [0.4, 0.5) is 5.00 Å². The second-order valence-corrected chi connectivity index (χ2v) is 7.29. The number of aryl methyl sites for hydroxylation is 1. The Morgan fingerprint density at radius 1 is 1.03 bits per heavy atom. The maximum Gasteiger partial charge on any atom is 0.348 e. The number of pyridine rings is 1. The number of carbonyl (C=O) groups is 3. The molecule has 8 nitrogen and oxygen atoms in total. The minimum Gasteiger partial charge on any atom is -0.462 e. The van der Waals surface area contributed by atoms with Crippen LogP contribution in [0, 0.1) is 6.92 Å². The van der Waals surface area contributed by atoms with Crippen LogP contribution in [0.2, 0.25) is 0 Å². The number of hydrogen-bond donors (Lipinski definition) is 1. The zero-order chi connectivity index (χ0) is 22.2. The van der Waals surface area contributed by atoms with Gasteiger partial charge in [-0.05, 0) is 49.7 Å². The third kappa shape index (κ3) is 5.89. The molecule has 0 spiro atoms. The first-order chi connectivity index (χ1) is 15.0. The number of nitrogens with one attached hydrogen (secondary N) is 1. The summed E-state index contributed by atoms with van der Waals surface area (Å²) in [7, 11) is 0. The third-order valence-electron chi connectivity index (χ3n) is 3.92. The van der Waals surface area contributed by atoms with E-state index in [1.165, 1.54) is 12.3 Å². The summed E-state index contributed by atoms with van der Waals surface area (Å²) < 4.78 is 15.7. The molecule has 1 aromatic carbocycles. The molecule has 1 amide bonds. The number of nitrogens with zero attached hydrogens (tertiary/aromatic N) is 1. The molecule has 0 aliphatic rings. The molecule has 0 aliphatic heterocycles. The quantitative estimate of drug-likeness (QED) is 0.523. The number of hydrogen-bond acceptors (Lipinski definition) is 8. The second-order valence-electron chi connectivity index (χ2n) is 6.24. The fourth-order valence-electron chi connectivity index (χ4n) is 2.55. The van der Waals surface area contributed by atoms with Crippen molar-refractivity contribution in [2.75, 3.05) is 18.5 Å². The van der Waals surface area contributed by atoms with Gasteiger partial charge in [-0.1, -0.05) is 18.2 Å². The molecule has 31 heavy (non-hydrogen) atoms. The summed E-state index contributed by atoms with van der Waals surface area (Å²) in [5.41, 5.74) is 0.782. The number of rotatable bonds is 8. The number of anilines is 1. The van der Waals surface area contributed by atoms with E-state index in [0.717, 1.165) is 11.3 Å². The van der Waals surface area contributed by atoms with Crippen LogP contribution in [-0.4, -0.2) is 36.0 Å². The van der Waals surface area contributed by atoms with Crippen molar-refractivity contribution in [3.63, 3.8) is 0 Å². The van der Waals surface area contributed by atoms with E-state index in [0.29, 0.717) is 21.2 Å². The molecule has 3 aromatic rings. The smallest absolute Gasteiger partial charge is 0.348 e. The van der Waals surface area contributed by atoms with Crippen molar-refractivity contribution >= 4 is 34.2 Å². The molecule has 0 radical (unpaired) electrons. The molecule has 0 saturated carbocycles. The molecule has 0 fully saturated rings. The van der Waals surface area contributed by atoms with Crippen LogP contribution >= 0.6 is 11.3 Å². The molecule has 3 rings (SSSR count). The molecule has 2 aromatic heterocycles. The third-order valence-corrected chi connectivity index (χ3v) is 5.06. The fourth-order valence-corrected chi connectivity index (χ4v) is 3.54. The molecule has 0 saturated heterocycles. The first kappa shape index (κ1) is 22.0. The number of thiophene rings is 1. The van der Waals surface area contributed by atoms with Gasteiger partial charge in [-0.2, -0.15) is 0 Å². The second kappa shape index (κ2) is 10.4. The largest absolute Gasteiger partial charge is 0.462 e. The molecule has 0 unspecified atom stereocenters. The van der Waals surface area contributed by atoms with E-state index >= 15 is 0 Å². The van der Waals surface area contributed by atoms with Crippen molar-refractivity contribution in [3.8, 4) is 11.6 Å². The summed E-state index contributed by atoms with van der Waals surface area (Å²) in [6, 6.07) is 13.6. The van der Waals surface area contributed by atoms with Crippen molar-refractivity contribution in [2.45, 2.75) is 13.8 Å². The Kier molecular flexibility index (Phi) is 7.34.